The number of aromatic nitrogens is 3. The summed E-state index contributed by atoms with van der Waals surface area (Å²) in [6, 6.07) is 25.1. The quantitative estimate of drug-likeness (QED) is 0.223. The van der Waals surface area contributed by atoms with E-state index in [2.05, 4.69) is 63.2 Å². The van der Waals surface area contributed by atoms with Crippen LogP contribution in [-0.4, -0.2) is 31.5 Å². The lowest BCUT2D eigenvalue weighted by molar-refractivity contribution is 0.465. The lowest BCUT2D eigenvalue weighted by atomic mass is 9.92. The summed E-state index contributed by atoms with van der Waals surface area (Å²) >= 11 is 3.63. The van der Waals surface area contributed by atoms with Crippen LogP contribution in [0.4, 0.5) is 22.9 Å². The Kier molecular flexibility index (Phi) is 5.97. The van der Waals surface area contributed by atoms with Crippen LogP contribution in [0, 0.1) is 20.8 Å². The van der Waals surface area contributed by atoms with E-state index in [1.165, 1.54) is 0 Å². The molecule has 2 aromatic heterocycles. The first-order valence-corrected chi connectivity index (χ1v) is 14.1. The van der Waals surface area contributed by atoms with Gasteiger partial charge in [0.15, 0.2) is 23.3 Å². The van der Waals surface area contributed by atoms with Crippen molar-refractivity contribution in [2.45, 2.75) is 26.8 Å². The number of rotatable bonds is 3. The van der Waals surface area contributed by atoms with E-state index in [9.17, 15) is 5.11 Å². The van der Waals surface area contributed by atoms with Gasteiger partial charge in [-0.25, -0.2) is 15.0 Å². The van der Waals surface area contributed by atoms with Crippen LogP contribution in [-0.2, 0) is 0 Å². The van der Waals surface area contributed by atoms with Gasteiger partial charge in [0, 0.05) is 27.5 Å². The first kappa shape index (κ1) is 25.2. The number of hydrogen-bond acceptors (Lipinski definition) is 7. The third-order valence-corrected chi connectivity index (χ3v) is 7.77. The number of benzene rings is 3. The molecule has 0 amide bonds. The van der Waals surface area contributed by atoms with Crippen molar-refractivity contribution < 1.29 is 5.11 Å². The molecule has 41 heavy (non-hydrogen) atoms. The molecule has 0 radical (unpaired) electrons. The maximum Gasteiger partial charge on any atom is 0.179 e. The lowest BCUT2D eigenvalue weighted by Crippen LogP contribution is -2.46. The molecule has 0 unspecified atom stereocenters. The number of phenols is 1. The summed E-state index contributed by atoms with van der Waals surface area (Å²) < 4.78 is 2.63. The van der Waals surface area contributed by atoms with Crippen LogP contribution < -0.4 is 10.2 Å². The highest BCUT2D eigenvalue weighted by Crippen LogP contribution is 2.50. The van der Waals surface area contributed by atoms with Gasteiger partial charge in [-0.1, -0.05) is 40.2 Å². The number of phenolic OH excluding ortho intramolecular Hbond substituents is 1. The average Bonchev–Trinajstić information content (AvgIpc) is 3.29. The van der Waals surface area contributed by atoms with Crippen molar-refractivity contribution in [3.8, 4) is 11.6 Å². The van der Waals surface area contributed by atoms with Gasteiger partial charge in [-0.05, 0) is 86.5 Å². The molecule has 4 heterocycles. The van der Waals surface area contributed by atoms with Gasteiger partial charge in [0.2, 0.25) is 0 Å². The molecule has 0 aliphatic carbocycles. The Labute approximate surface area is 245 Å². The monoisotopic (exact) mass is 603 g/mol. The van der Waals surface area contributed by atoms with Gasteiger partial charge in [-0.2, -0.15) is 9.78 Å². The van der Waals surface area contributed by atoms with E-state index in [4.69, 9.17) is 15.1 Å². The molecule has 7 rings (SSSR count). The summed E-state index contributed by atoms with van der Waals surface area (Å²) in [5.74, 6) is 2.70. The van der Waals surface area contributed by atoms with E-state index in [0.717, 1.165) is 49.5 Å². The van der Waals surface area contributed by atoms with Crippen molar-refractivity contribution >= 4 is 50.5 Å². The number of aryl methyl sites for hydroxylation is 3. The minimum atomic E-state index is -0.444. The first-order chi connectivity index (χ1) is 19.9. The number of nitrogens with zero attached hydrogens (tertiary/aromatic N) is 6. The number of aliphatic imine (C=N–C) groups is 2. The van der Waals surface area contributed by atoms with Crippen molar-refractivity contribution in [2.24, 2.45) is 9.98 Å². The number of nitrogens with one attached hydrogen (secondary N) is 1. The number of fused-ring (bicyclic) bond motifs is 4. The van der Waals surface area contributed by atoms with E-state index >= 15 is 0 Å². The Morgan fingerprint density at radius 3 is 2.44 bits per heavy atom. The molecule has 1 atom stereocenters. The molecule has 0 bridgehead atoms. The number of halogens is 1. The van der Waals surface area contributed by atoms with Crippen LogP contribution in [0.15, 0.2) is 99.5 Å². The number of amidine groups is 2. The third kappa shape index (κ3) is 4.29. The zero-order chi connectivity index (χ0) is 28.2. The van der Waals surface area contributed by atoms with Crippen LogP contribution in [0.1, 0.15) is 34.0 Å². The van der Waals surface area contributed by atoms with Gasteiger partial charge in [0.25, 0.3) is 0 Å². The van der Waals surface area contributed by atoms with E-state index in [1.54, 1.807) is 16.9 Å². The Bertz CT molecular complexity index is 1870. The summed E-state index contributed by atoms with van der Waals surface area (Å²) in [7, 11) is 0. The second kappa shape index (κ2) is 9.71. The van der Waals surface area contributed by atoms with Gasteiger partial charge >= 0.3 is 0 Å². The van der Waals surface area contributed by atoms with Crippen LogP contribution in [0.5, 0.6) is 5.75 Å². The fraction of sp³-hybridized carbons (Fsp3) is 0.125. The van der Waals surface area contributed by atoms with Crippen LogP contribution >= 0.6 is 15.9 Å². The largest absolute Gasteiger partial charge is 0.508 e. The van der Waals surface area contributed by atoms with Crippen LogP contribution in [0.3, 0.4) is 0 Å². The molecule has 0 saturated carbocycles. The van der Waals surface area contributed by atoms with Gasteiger partial charge < -0.3 is 15.3 Å². The van der Waals surface area contributed by atoms with Gasteiger partial charge in [0.05, 0.1) is 23.1 Å². The predicted octanol–water partition coefficient (Wildman–Crippen LogP) is 7.46. The van der Waals surface area contributed by atoms with Crippen molar-refractivity contribution in [3.05, 3.63) is 117 Å². The van der Waals surface area contributed by atoms with Crippen molar-refractivity contribution in [3.63, 3.8) is 0 Å². The number of pyridine rings is 1. The highest BCUT2D eigenvalue weighted by Gasteiger charge is 2.42. The number of para-hydroxylation sites is 2. The minimum absolute atomic E-state index is 0.180. The SMILES string of the molecule is Cc1cc(C)cc(NC2=Nc3ccccc3N3C2=Nc2c(c(C)nn2-c2ccccn2)[C@H]3c2cc(Br)ccc2O)c1. The van der Waals surface area contributed by atoms with Gasteiger partial charge in [-0.15, -0.1) is 0 Å². The summed E-state index contributed by atoms with van der Waals surface area (Å²) in [6.45, 7) is 6.12. The smallest absolute Gasteiger partial charge is 0.179 e. The Morgan fingerprint density at radius 2 is 1.66 bits per heavy atom. The van der Waals surface area contributed by atoms with Crippen molar-refractivity contribution in [2.75, 3.05) is 10.2 Å². The maximum absolute atomic E-state index is 11.3. The highest BCUT2D eigenvalue weighted by atomic mass is 79.9. The summed E-state index contributed by atoms with van der Waals surface area (Å²) in [4.78, 5) is 17.0. The molecular weight excluding hydrogens is 578 g/mol. The van der Waals surface area contributed by atoms with E-state index < -0.39 is 6.04 Å². The van der Waals surface area contributed by atoms with Crippen molar-refractivity contribution in [1.29, 1.82) is 0 Å². The van der Waals surface area contributed by atoms with E-state index in [-0.39, 0.29) is 5.75 Å². The van der Waals surface area contributed by atoms with Crippen LogP contribution in [0.25, 0.3) is 5.82 Å². The second-order valence-corrected chi connectivity index (χ2v) is 11.2. The topological polar surface area (TPSA) is 90.9 Å². The Balaban J connectivity index is 1.52. The highest BCUT2D eigenvalue weighted by molar-refractivity contribution is 9.10. The summed E-state index contributed by atoms with van der Waals surface area (Å²) in [6.07, 6.45) is 1.74. The standard InChI is InChI=1S/C32H26BrN7O/c1-18-14-19(2)16-22(15-18)35-30-32-37-31-28(20(3)38-40(31)27-10-6-7-13-34-27)29(23-17-21(33)11-12-26(23)41)39(32)25-9-5-4-8-24(25)36-30/h4-17,29,41H,1-3H3,(H,35,36)/t29-/m1/s1. The van der Waals surface area contributed by atoms with E-state index in [0.29, 0.717) is 23.3 Å². The number of aromatic hydroxyl groups is 1. The number of hydrogen-bond donors (Lipinski definition) is 2. The fourth-order valence-corrected chi connectivity index (χ4v) is 6.04. The molecule has 202 valence electrons. The normalized spacial score (nSPS) is 15.4. The molecule has 9 heteroatoms. The Hall–Kier alpha value is -4.76. The zero-order valence-corrected chi connectivity index (χ0v) is 24.3. The van der Waals surface area contributed by atoms with E-state index in [1.807, 2.05) is 61.5 Å². The molecular formula is C32H26BrN7O. The molecule has 5 aromatic rings. The van der Waals surface area contributed by atoms with Crippen LogP contribution in [0.2, 0.25) is 0 Å². The van der Waals surface area contributed by atoms with Gasteiger partial charge in [-0.3, -0.25) is 0 Å². The average molecular weight is 605 g/mol. The summed E-state index contributed by atoms with van der Waals surface area (Å²) in [5.41, 5.74) is 7.30. The molecule has 2 N–H and O–H groups in total. The fourth-order valence-electron chi connectivity index (χ4n) is 5.66. The number of anilines is 2. The minimum Gasteiger partial charge on any atom is -0.508 e. The molecule has 0 fully saturated rings. The molecule has 0 spiro atoms. The molecule has 8 nitrogen and oxygen atoms in total. The first-order valence-electron chi connectivity index (χ1n) is 13.3. The molecule has 2 aliphatic rings. The molecule has 3 aromatic carbocycles. The maximum atomic E-state index is 11.3. The molecule has 2 aliphatic heterocycles. The summed E-state index contributed by atoms with van der Waals surface area (Å²) in [5, 5.41) is 19.7. The second-order valence-electron chi connectivity index (χ2n) is 10.3. The van der Waals surface area contributed by atoms with Gasteiger partial charge in [0.1, 0.15) is 5.75 Å². The molecule has 0 saturated heterocycles. The van der Waals surface area contributed by atoms with Crippen molar-refractivity contribution in [1.82, 2.24) is 14.8 Å². The Morgan fingerprint density at radius 1 is 0.878 bits per heavy atom. The third-order valence-electron chi connectivity index (χ3n) is 7.27. The zero-order valence-electron chi connectivity index (χ0n) is 22.7. The predicted molar refractivity (Wildman–Crippen MR) is 166 cm³/mol. The lowest BCUT2D eigenvalue weighted by Gasteiger charge is -2.40.